The van der Waals surface area contributed by atoms with Gasteiger partial charge in [-0.15, -0.1) is 0 Å². The molecule has 0 aromatic carbocycles. The summed E-state index contributed by atoms with van der Waals surface area (Å²) < 4.78 is 2.07. The Morgan fingerprint density at radius 2 is 2.39 bits per heavy atom. The largest absolute Gasteiger partial charge is 0.399 e. The first-order valence-corrected chi connectivity index (χ1v) is 6.72. The van der Waals surface area contributed by atoms with E-state index in [4.69, 9.17) is 10.7 Å². The normalized spacial score (nSPS) is 21.5. The minimum Gasteiger partial charge on any atom is -0.399 e. The molecule has 96 valence electrons. The molecule has 1 atom stereocenters. The van der Waals surface area contributed by atoms with Crippen molar-refractivity contribution in [2.45, 2.75) is 25.7 Å². The summed E-state index contributed by atoms with van der Waals surface area (Å²) in [5, 5.41) is 0. The second-order valence-corrected chi connectivity index (χ2v) is 5.12. The number of likely N-dealkylation sites (tertiary alicyclic amines) is 1. The Morgan fingerprint density at radius 3 is 3.22 bits per heavy atom. The number of hydrogen-bond donors (Lipinski definition) is 1. The first-order chi connectivity index (χ1) is 8.76. The molecule has 1 saturated heterocycles. The number of pyridine rings is 1. The summed E-state index contributed by atoms with van der Waals surface area (Å²) in [5.74, 6) is 0.569. The molecule has 1 aliphatic heterocycles. The number of aromatic nitrogens is 2. The van der Waals surface area contributed by atoms with Gasteiger partial charge in [0.15, 0.2) is 0 Å². The van der Waals surface area contributed by atoms with E-state index < -0.39 is 0 Å². The number of anilines is 1. The zero-order chi connectivity index (χ0) is 12.5. The summed E-state index contributed by atoms with van der Waals surface area (Å²) >= 11 is 0. The van der Waals surface area contributed by atoms with Crippen LogP contribution in [0.15, 0.2) is 24.5 Å². The minimum atomic E-state index is 0.569. The van der Waals surface area contributed by atoms with E-state index in [0.717, 1.165) is 24.4 Å². The molecule has 0 spiro atoms. The molecule has 1 aliphatic rings. The number of rotatable bonds is 2. The fourth-order valence-corrected chi connectivity index (χ4v) is 2.80. The quantitative estimate of drug-likeness (QED) is 0.880. The summed E-state index contributed by atoms with van der Waals surface area (Å²) in [6.07, 6.45) is 6.66. The van der Waals surface area contributed by atoms with Gasteiger partial charge < -0.3 is 15.0 Å². The van der Waals surface area contributed by atoms with Crippen LogP contribution in [0, 0.1) is 0 Å². The Bertz CT molecular complexity index is 546. The molecule has 0 radical (unpaired) electrons. The van der Waals surface area contributed by atoms with Gasteiger partial charge in [-0.2, -0.15) is 0 Å². The van der Waals surface area contributed by atoms with Crippen molar-refractivity contribution >= 4 is 11.3 Å². The Hall–Kier alpha value is -1.55. The van der Waals surface area contributed by atoms with E-state index in [2.05, 4.69) is 22.4 Å². The molecule has 0 saturated carbocycles. The van der Waals surface area contributed by atoms with Crippen LogP contribution < -0.4 is 5.73 Å². The van der Waals surface area contributed by atoms with E-state index in [1.807, 2.05) is 18.3 Å². The number of imidazole rings is 1. The highest BCUT2D eigenvalue weighted by molar-refractivity contribution is 5.52. The molecule has 4 heteroatoms. The van der Waals surface area contributed by atoms with Gasteiger partial charge in [-0.3, -0.25) is 0 Å². The van der Waals surface area contributed by atoms with Gasteiger partial charge in [0.1, 0.15) is 5.65 Å². The van der Waals surface area contributed by atoms with Crippen molar-refractivity contribution in [3.05, 3.63) is 30.2 Å². The van der Waals surface area contributed by atoms with Crippen LogP contribution in [0.1, 0.15) is 31.4 Å². The van der Waals surface area contributed by atoms with Crippen molar-refractivity contribution in [1.82, 2.24) is 14.3 Å². The predicted molar refractivity (Wildman–Crippen MR) is 73.7 cm³/mol. The third kappa shape index (κ3) is 2.08. The summed E-state index contributed by atoms with van der Waals surface area (Å²) in [4.78, 5) is 7.23. The zero-order valence-corrected chi connectivity index (χ0v) is 10.8. The summed E-state index contributed by atoms with van der Waals surface area (Å²) in [5.41, 5.74) is 8.73. The SMILES string of the molecule is CCN1CCCC(c2cn3ccc(N)cc3n2)C1. The van der Waals surface area contributed by atoms with Gasteiger partial charge in [0.05, 0.1) is 5.69 Å². The lowest BCUT2D eigenvalue weighted by Gasteiger charge is -2.30. The molecule has 18 heavy (non-hydrogen) atoms. The molecular formula is C14H20N4. The monoisotopic (exact) mass is 244 g/mol. The van der Waals surface area contributed by atoms with Crippen LogP contribution in [-0.4, -0.2) is 33.9 Å². The Kier molecular flexibility index (Phi) is 2.96. The predicted octanol–water partition coefficient (Wildman–Crippen LogP) is 2.12. The molecular weight excluding hydrogens is 224 g/mol. The van der Waals surface area contributed by atoms with Crippen molar-refractivity contribution in [3.63, 3.8) is 0 Å². The first kappa shape index (κ1) is 11.5. The molecule has 2 N–H and O–H groups in total. The van der Waals surface area contributed by atoms with Gasteiger partial charge in [-0.05, 0) is 32.0 Å². The molecule has 0 amide bonds. The second-order valence-electron chi connectivity index (χ2n) is 5.12. The van der Waals surface area contributed by atoms with Gasteiger partial charge in [0, 0.05) is 36.6 Å². The average molecular weight is 244 g/mol. The molecule has 0 bridgehead atoms. The van der Waals surface area contributed by atoms with Gasteiger partial charge >= 0.3 is 0 Å². The van der Waals surface area contributed by atoms with Gasteiger partial charge in [-0.25, -0.2) is 4.98 Å². The molecule has 4 nitrogen and oxygen atoms in total. The van der Waals surface area contributed by atoms with E-state index in [1.54, 1.807) is 0 Å². The Labute approximate surface area is 107 Å². The van der Waals surface area contributed by atoms with E-state index >= 15 is 0 Å². The Morgan fingerprint density at radius 1 is 1.50 bits per heavy atom. The highest BCUT2D eigenvalue weighted by Gasteiger charge is 2.22. The second kappa shape index (κ2) is 4.61. The number of nitrogens with two attached hydrogens (primary N) is 1. The highest BCUT2D eigenvalue weighted by Crippen LogP contribution is 2.26. The van der Waals surface area contributed by atoms with E-state index in [-0.39, 0.29) is 0 Å². The van der Waals surface area contributed by atoms with E-state index in [0.29, 0.717) is 5.92 Å². The molecule has 2 aromatic heterocycles. The number of piperidine rings is 1. The topological polar surface area (TPSA) is 46.6 Å². The maximum Gasteiger partial charge on any atom is 0.139 e. The van der Waals surface area contributed by atoms with Crippen LogP contribution in [0.25, 0.3) is 5.65 Å². The highest BCUT2D eigenvalue weighted by atomic mass is 15.1. The van der Waals surface area contributed by atoms with Crippen LogP contribution in [0.2, 0.25) is 0 Å². The smallest absolute Gasteiger partial charge is 0.139 e. The van der Waals surface area contributed by atoms with Gasteiger partial charge in [0.2, 0.25) is 0 Å². The maximum atomic E-state index is 5.79. The number of nitrogens with zero attached hydrogens (tertiary/aromatic N) is 3. The van der Waals surface area contributed by atoms with Crippen LogP contribution in [0.3, 0.4) is 0 Å². The van der Waals surface area contributed by atoms with Gasteiger partial charge in [0.25, 0.3) is 0 Å². The van der Waals surface area contributed by atoms with Crippen LogP contribution in [0.4, 0.5) is 5.69 Å². The lowest BCUT2D eigenvalue weighted by molar-refractivity contribution is 0.216. The van der Waals surface area contributed by atoms with E-state index in [1.165, 1.54) is 25.1 Å². The number of hydrogen-bond acceptors (Lipinski definition) is 3. The lowest BCUT2D eigenvalue weighted by Crippen LogP contribution is -2.34. The van der Waals surface area contributed by atoms with Crippen molar-refractivity contribution in [1.29, 1.82) is 0 Å². The summed E-state index contributed by atoms with van der Waals surface area (Å²) in [7, 11) is 0. The van der Waals surface area contributed by atoms with Crippen molar-refractivity contribution in [2.24, 2.45) is 0 Å². The van der Waals surface area contributed by atoms with Crippen molar-refractivity contribution in [3.8, 4) is 0 Å². The van der Waals surface area contributed by atoms with Gasteiger partial charge in [-0.1, -0.05) is 6.92 Å². The molecule has 0 aliphatic carbocycles. The Balaban J connectivity index is 1.89. The van der Waals surface area contributed by atoms with E-state index in [9.17, 15) is 0 Å². The zero-order valence-electron chi connectivity index (χ0n) is 10.8. The number of likely N-dealkylation sites (N-methyl/N-ethyl adjacent to an activating group) is 1. The minimum absolute atomic E-state index is 0.569. The molecule has 3 heterocycles. The van der Waals surface area contributed by atoms with Crippen LogP contribution in [0.5, 0.6) is 0 Å². The van der Waals surface area contributed by atoms with Crippen molar-refractivity contribution < 1.29 is 0 Å². The summed E-state index contributed by atoms with van der Waals surface area (Å²) in [6, 6.07) is 3.85. The third-order valence-corrected chi connectivity index (χ3v) is 3.87. The molecule has 1 fully saturated rings. The van der Waals surface area contributed by atoms with Crippen LogP contribution in [-0.2, 0) is 0 Å². The number of nitrogen functional groups attached to an aromatic ring is 1. The maximum absolute atomic E-state index is 5.79. The fourth-order valence-electron chi connectivity index (χ4n) is 2.80. The average Bonchev–Trinajstić information content (AvgIpc) is 2.81. The van der Waals surface area contributed by atoms with Crippen LogP contribution >= 0.6 is 0 Å². The third-order valence-electron chi connectivity index (χ3n) is 3.87. The number of fused-ring (bicyclic) bond motifs is 1. The summed E-state index contributed by atoms with van der Waals surface area (Å²) in [6.45, 7) is 5.73. The molecule has 1 unspecified atom stereocenters. The van der Waals surface area contributed by atoms with Crippen molar-refractivity contribution in [2.75, 3.05) is 25.4 Å². The molecule has 2 aromatic rings. The first-order valence-electron chi connectivity index (χ1n) is 6.72. The fraction of sp³-hybridized carbons (Fsp3) is 0.500. The lowest BCUT2D eigenvalue weighted by atomic mass is 9.95. The standard InChI is InChI=1S/C14H20N4/c1-2-17-6-3-4-11(9-17)13-10-18-7-5-12(15)8-14(18)16-13/h5,7-8,10-11H,2-4,6,9,15H2,1H3. The molecule has 3 rings (SSSR count).